The fraction of sp³-hybridized carbons (Fsp3) is 0.0588. The van der Waals surface area contributed by atoms with Crippen molar-refractivity contribution >= 4 is 39.3 Å². The fourth-order valence-electron chi connectivity index (χ4n) is 2.18. The Kier molecular flexibility index (Phi) is 3.81. The molecule has 1 aliphatic heterocycles. The molecule has 0 unspecified atom stereocenters. The number of phenolic OH excluding ortho intramolecular Hbond substituents is 1. The molecule has 1 heterocycles. The standard InChI is InChI=1S/C17H13BrN2O2/c1-11-16(10-12-2-8-15(21)9-3-12)17(22)20(19-11)14-6-4-13(18)5-7-14/h2-10,21H,1H3. The molecule has 0 saturated heterocycles. The molecule has 0 saturated carbocycles. The van der Waals surface area contributed by atoms with Crippen LogP contribution in [-0.2, 0) is 4.79 Å². The van der Waals surface area contributed by atoms with Gasteiger partial charge in [-0.2, -0.15) is 10.1 Å². The SMILES string of the molecule is CC1=NN(c2ccc(Br)cc2)C(=O)C1=Cc1ccc(O)cc1. The van der Waals surface area contributed by atoms with E-state index in [1.54, 1.807) is 30.3 Å². The van der Waals surface area contributed by atoms with Crippen LogP contribution < -0.4 is 5.01 Å². The molecule has 0 aliphatic carbocycles. The van der Waals surface area contributed by atoms with Gasteiger partial charge in [-0.05, 0) is 55.0 Å². The molecular weight excluding hydrogens is 344 g/mol. The number of carbonyl (C=O) groups is 1. The number of nitrogens with zero attached hydrogens (tertiary/aromatic N) is 2. The zero-order valence-corrected chi connectivity index (χ0v) is 13.4. The second kappa shape index (κ2) is 5.77. The molecule has 0 radical (unpaired) electrons. The van der Waals surface area contributed by atoms with Crippen LogP contribution in [0.1, 0.15) is 12.5 Å². The number of hydrogen-bond donors (Lipinski definition) is 1. The summed E-state index contributed by atoms with van der Waals surface area (Å²) in [5, 5.41) is 15.0. The summed E-state index contributed by atoms with van der Waals surface area (Å²) in [6.45, 7) is 1.81. The Balaban J connectivity index is 1.92. The molecule has 1 aliphatic rings. The molecular formula is C17H13BrN2O2. The van der Waals surface area contributed by atoms with Crippen molar-refractivity contribution in [3.05, 3.63) is 64.1 Å². The van der Waals surface area contributed by atoms with Crippen LogP contribution in [0.25, 0.3) is 6.08 Å². The van der Waals surface area contributed by atoms with Gasteiger partial charge in [-0.1, -0.05) is 28.1 Å². The van der Waals surface area contributed by atoms with Crippen LogP contribution in [-0.4, -0.2) is 16.7 Å². The molecule has 2 aromatic rings. The van der Waals surface area contributed by atoms with Crippen molar-refractivity contribution in [1.82, 2.24) is 0 Å². The molecule has 22 heavy (non-hydrogen) atoms. The average Bonchev–Trinajstić information content (AvgIpc) is 2.78. The van der Waals surface area contributed by atoms with Crippen LogP contribution in [0.5, 0.6) is 5.75 Å². The summed E-state index contributed by atoms with van der Waals surface area (Å²) in [5.74, 6) is 0.0367. The first-order valence-corrected chi connectivity index (χ1v) is 7.50. The maximum atomic E-state index is 12.6. The van der Waals surface area contributed by atoms with Crippen LogP contribution >= 0.6 is 15.9 Å². The quantitative estimate of drug-likeness (QED) is 0.828. The minimum Gasteiger partial charge on any atom is -0.508 e. The zero-order valence-electron chi connectivity index (χ0n) is 11.8. The number of benzene rings is 2. The van der Waals surface area contributed by atoms with E-state index >= 15 is 0 Å². The van der Waals surface area contributed by atoms with Crippen molar-refractivity contribution in [3.8, 4) is 5.75 Å². The lowest BCUT2D eigenvalue weighted by atomic mass is 10.1. The highest BCUT2D eigenvalue weighted by molar-refractivity contribution is 9.10. The Morgan fingerprint density at radius 2 is 1.73 bits per heavy atom. The summed E-state index contributed by atoms with van der Waals surface area (Å²) in [6, 6.07) is 14.1. The summed E-state index contributed by atoms with van der Waals surface area (Å²) in [5.41, 5.74) is 2.78. The third-order valence-corrected chi connectivity index (χ3v) is 3.87. The fourth-order valence-corrected chi connectivity index (χ4v) is 2.44. The van der Waals surface area contributed by atoms with Gasteiger partial charge in [0.2, 0.25) is 0 Å². The first kappa shape index (κ1) is 14.5. The predicted molar refractivity (Wildman–Crippen MR) is 90.8 cm³/mol. The summed E-state index contributed by atoms with van der Waals surface area (Å²) < 4.78 is 0.948. The van der Waals surface area contributed by atoms with E-state index < -0.39 is 0 Å². The van der Waals surface area contributed by atoms with Crippen LogP contribution in [0.4, 0.5) is 5.69 Å². The Morgan fingerprint density at radius 3 is 2.36 bits per heavy atom. The number of anilines is 1. The average molecular weight is 357 g/mol. The van der Waals surface area contributed by atoms with Crippen molar-refractivity contribution in [1.29, 1.82) is 0 Å². The van der Waals surface area contributed by atoms with Gasteiger partial charge in [0.05, 0.1) is 17.0 Å². The van der Waals surface area contributed by atoms with Gasteiger partial charge in [-0.15, -0.1) is 0 Å². The lowest BCUT2D eigenvalue weighted by molar-refractivity contribution is -0.114. The molecule has 0 fully saturated rings. The van der Waals surface area contributed by atoms with E-state index in [1.165, 1.54) is 5.01 Å². The van der Waals surface area contributed by atoms with Gasteiger partial charge in [-0.25, -0.2) is 0 Å². The number of carbonyl (C=O) groups excluding carboxylic acids is 1. The number of rotatable bonds is 2. The van der Waals surface area contributed by atoms with E-state index in [0.717, 1.165) is 15.7 Å². The summed E-state index contributed by atoms with van der Waals surface area (Å²) in [7, 11) is 0. The summed E-state index contributed by atoms with van der Waals surface area (Å²) in [6.07, 6.45) is 1.78. The van der Waals surface area contributed by atoms with Crippen molar-refractivity contribution in [2.75, 3.05) is 5.01 Å². The van der Waals surface area contributed by atoms with E-state index in [1.807, 2.05) is 31.2 Å². The van der Waals surface area contributed by atoms with Gasteiger partial charge < -0.3 is 5.11 Å². The highest BCUT2D eigenvalue weighted by atomic mass is 79.9. The van der Waals surface area contributed by atoms with Gasteiger partial charge in [-0.3, -0.25) is 4.79 Å². The molecule has 110 valence electrons. The second-order valence-electron chi connectivity index (χ2n) is 4.93. The lowest BCUT2D eigenvalue weighted by Gasteiger charge is -2.11. The Hall–Kier alpha value is -2.40. The van der Waals surface area contributed by atoms with Crippen LogP contribution in [0, 0.1) is 0 Å². The van der Waals surface area contributed by atoms with Crippen molar-refractivity contribution in [2.24, 2.45) is 5.10 Å². The number of hydrazone groups is 1. The Bertz CT molecular complexity index is 777. The number of hydrogen-bond acceptors (Lipinski definition) is 3. The van der Waals surface area contributed by atoms with Crippen LogP contribution in [0.15, 0.2) is 63.7 Å². The van der Waals surface area contributed by atoms with Crippen LogP contribution in [0.2, 0.25) is 0 Å². The monoisotopic (exact) mass is 356 g/mol. The lowest BCUT2D eigenvalue weighted by Crippen LogP contribution is -2.21. The van der Waals surface area contributed by atoms with E-state index in [9.17, 15) is 9.90 Å². The second-order valence-corrected chi connectivity index (χ2v) is 5.84. The number of amides is 1. The molecule has 0 bridgehead atoms. The molecule has 2 aromatic carbocycles. The maximum absolute atomic E-state index is 12.6. The van der Waals surface area contributed by atoms with Crippen molar-refractivity contribution in [2.45, 2.75) is 6.92 Å². The van der Waals surface area contributed by atoms with Gasteiger partial charge in [0.25, 0.3) is 5.91 Å². The van der Waals surface area contributed by atoms with Gasteiger partial charge in [0.1, 0.15) is 5.75 Å². The molecule has 4 nitrogen and oxygen atoms in total. The van der Waals surface area contributed by atoms with Crippen molar-refractivity contribution < 1.29 is 9.90 Å². The predicted octanol–water partition coefficient (Wildman–Crippen LogP) is 3.96. The van der Waals surface area contributed by atoms with Gasteiger partial charge in [0, 0.05) is 4.47 Å². The van der Waals surface area contributed by atoms with E-state index in [4.69, 9.17) is 0 Å². The van der Waals surface area contributed by atoms with Crippen LogP contribution in [0.3, 0.4) is 0 Å². The van der Waals surface area contributed by atoms with E-state index in [-0.39, 0.29) is 11.7 Å². The van der Waals surface area contributed by atoms with E-state index in [2.05, 4.69) is 21.0 Å². The first-order chi connectivity index (χ1) is 10.5. The topological polar surface area (TPSA) is 52.9 Å². The maximum Gasteiger partial charge on any atom is 0.280 e. The molecule has 0 spiro atoms. The Labute approximate surface area is 136 Å². The number of aromatic hydroxyl groups is 1. The summed E-state index contributed by atoms with van der Waals surface area (Å²) >= 11 is 3.37. The molecule has 5 heteroatoms. The van der Waals surface area contributed by atoms with Gasteiger partial charge >= 0.3 is 0 Å². The van der Waals surface area contributed by atoms with Gasteiger partial charge in [0.15, 0.2) is 0 Å². The minimum atomic E-state index is -0.159. The number of halogens is 1. The highest BCUT2D eigenvalue weighted by Gasteiger charge is 2.28. The first-order valence-electron chi connectivity index (χ1n) is 6.71. The molecule has 1 N–H and O–H groups in total. The highest BCUT2D eigenvalue weighted by Crippen LogP contribution is 2.26. The summed E-state index contributed by atoms with van der Waals surface area (Å²) in [4.78, 5) is 12.6. The minimum absolute atomic E-state index is 0.159. The third kappa shape index (κ3) is 2.80. The number of phenols is 1. The smallest absolute Gasteiger partial charge is 0.280 e. The molecule has 0 atom stereocenters. The van der Waals surface area contributed by atoms with E-state index in [0.29, 0.717) is 11.3 Å². The largest absolute Gasteiger partial charge is 0.508 e. The third-order valence-electron chi connectivity index (χ3n) is 3.34. The molecule has 3 rings (SSSR count). The Morgan fingerprint density at radius 1 is 1.09 bits per heavy atom. The zero-order chi connectivity index (χ0) is 15.7. The normalized spacial score (nSPS) is 16.3. The molecule has 0 aromatic heterocycles. The molecule has 1 amide bonds. The van der Waals surface area contributed by atoms with Crippen molar-refractivity contribution in [3.63, 3.8) is 0 Å².